The molecule has 1 aromatic heterocycles. The Balaban J connectivity index is 2.43. The third kappa shape index (κ3) is 3.20. The number of azide groups is 1. The monoisotopic (exact) mass is 209 g/mol. The normalized spacial score (nSPS) is 9.50. The van der Waals surface area contributed by atoms with Crippen LogP contribution in [0, 0.1) is 0 Å². The van der Waals surface area contributed by atoms with Gasteiger partial charge in [-0.2, -0.15) is 0 Å². The fourth-order valence-corrected chi connectivity index (χ4v) is 2.01. The summed E-state index contributed by atoms with van der Waals surface area (Å²) in [5.74, 6) is 0.108. The number of nitrogens with zero attached hydrogens (tertiary/aromatic N) is 3. The standard InChI is InChI=1S/C9H11N3OS/c1-7(13)9-5-4-8(14-9)3-2-6-11-12-10/h4-5H,2-3,6H2,1H3. The summed E-state index contributed by atoms with van der Waals surface area (Å²) in [6.07, 6.45) is 1.71. The van der Waals surface area contributed by atoms with Gasteiger partial charge in [-0.3, -0.25) is 4.79 Å². The van der Waals surface area contributed by atoms with Crippen LogP contribution in [0.1, 0.15) is 27.9 Å². The van der Waals surface area contributed by atoms with Crippen LogP contribution in [0.5, 0.6) is 0 Å². The van der Waals surface area contributed by atoms with E-state index in [1.165, 1.54) is 16.2 Å². The maximum atomic E-state index is 11.0. The van der Waals surface area contributed by atoms with Gasteiger partial charge in [0, 0.05) is 16.3 Å². The van der Waals surface area contributed by atoms with Crippen molar-refractivity contribution in [3.63, 3.8) is 0 Å². The lowest BCUT2D eigenvalue weighted by molar-refractivity contribution is 0.102. The summed E-state index contributed by atoms with van der Waals surface area (Å²) in [5, 5.41) is 3.45. The highest BCUT2D eigenvalue weighted by molar-refractivity contribution is 7.14. The highest BCUT2D eigenvalue weighted by atomic mass is 32.1. The van der Waals surface area contributed by atoms with Gasteiger partial charge in [0.1, 0.15) is 0 Å². The van der Waals surface area contributed by atoms with Gasteiger partial charge in [-0.05, 0) is 37.4 Å². The highest BCUT2D eigenvalue weighted by Gasteiger charge is 2.03. The lowest BCUT2D eigenvalue weighted by Crippen LogP contribution is -1.85. The van der Waals surface area contributed by atoms with Crippen molar-refractivity contribution in [2.75, 3.05) is 6.54 Å². The molecule has 0 amide bonds. The Bertz CT molecular complexity index is 366. The zero-order valence-corrected chi connectivity index (χ0v) is 8.75. The largest absolute Gasteiger partial charge is 0.294 e. The molecule has 0 spiro atoms. The fraction of sp³-hybridized carbons (Fsp3) is 0.444. The van der Waals surface area contributed by atoms with Crippen LogP contribution in [0.15, 0.2) is 17.2 Å². The van der Waals surface area contributed by atoms with Gasteiger partial charge in [0.05, 0.1) is 4.88 Å². The molecule has 0 saturated carbocycles. The van der Waals surface area contributed by atoms with E-state index in [1.54, 1.807) is 6.92 Å². The van der Waals surface area contributed by atoms with Crippen LogP contribution < -0.4 is 0 Å². The molecule has 0 aliphatic carbocycles. The summed E-state index contributed by atoms with van der Waals surface area (Å²) >= 11 is 1.51. The first-order chi connectivity index (χ1) is 6.74. The second-order valence-electron chi connectivity index (χ2n) is 2.88. The van der Waals surface area contributed by atoms with Crippen LogP contribution in [0.4, 0.5) is 0 Å². The Labute approximate surface area is 86.2 Å². The first kappa shape index (κ1) is 10.8. The Kier molecular flexibility index (Phi) is 4.16. The molecule has 0 radical (unpaired) electrons. The van der Waals surface area contributed by atoms with E-state index < -0.39 is 0 Å². The summed E-state index contributed by atoms with van der Waals surface area (Å²) in [6, 6.07) is 3.80. The summed E-state index contributed by atoms with van der Waals surface area (Å²) in [5.41, 5.74) is 8.06. The number of Topliss-reactive ketones (excluding diaryl/α,β-unsaturated/α-hetero) is 1. The maximum absolute atomic E-state index is 11.0. The summed E-state index contributed by atoms with van der Waals surface area (Å²) in [7, 11) is 0. The fourth-order valence-electron chi connectivity index (χ4n) is 1.07. The van der Waals surface area contributed by atoms with E-state index >= 15 is 0 Å². The van der Waals surface area contributed by atoms with Gasteiger partial charge in [0.15, 0.2) is 5.78 Å². The molecule has 0 saturated heterocycles. The third-order valence-corrected chi connectivity index (χ3v) is 3.00. The van der Waals surface area contributed by atoms with E-state index in [0.717, 1.165) is 17.7 Å². The van der Waals surface area contributed by atoms with Crippen molar-refractivity contribution in [3.8, 4) is 0 Å². The van der Waals surface area contributed by atoms with Crippen molar-refractivity contribution in [1.29, 1.82) is 0 Å². The Hall–Kier alpha value is -1.32. The summed E-state index contributed by atoms with van der Waals surface area (Å²) in [4.78, 5) is 15.6. The smallest absolute Gasteiger partial charge is 0.169 e. The molecule has 14 heavy (non-hydrogen) atoms. The van der Waals surface area contributed by atoms with Gasteiger partial charge in [0.2, 0.25) is 0 Å². The van der Waals surface area contributed by atoms with E-state index in [1.807, 2.05) is 12.1 Å². The second kappa shape index (κ2) is 5.42. The average Bonchev–Trinajstić information content (AvgIpc) is 2.61. The van der Waals surface area contributed by atoms with Gasteiger partial charge in [-0.25, -0.2) is 0 Å². The number of carbonyl (C=O) groups is 1. The minimum atomic E-state index is 0.108. The van der Waals surface area contributed by atoms with Gasteiger partial charge in [0.25, 0.3) is 0 Å². The molecule has 4 nitrogen and oxygen atoms in total. The van der Waals surface area contributed by atoms with Gasteiger partial charge in [-0.15, -0.1) is 11.3 Å². The Morgan fingerprint density at radius 3 is 3.00 bits per heavy atom. The molecule has 0 aromatic carbocycles. The number of thiophene rings is 1. The number of hydrogen-bond acceptors (Lipinski definition) is 3. The van der Waals surface area contributed by atoms with Crippen LogP contribution in [-0.2, 0) is 6.42 Å². The molecule has 1 rings (SSSR count). The predicted molar refractivity (Wildman–Crippen MR) is 56.7 cm³/mol. The zero-order chi connectivity index (χ0) is 10.4. The zero-order valence-electron chi connectivity index (χ0n) is 7.93. The predicted octanol–water partition coefficient (Wildman–Crippen LogP) is 3.19. The number of ketones is 1. The van der Waals surface area contributed by atoms with E-state index in [9.17, 15) is 4.79 Å². The molecule has 0 fully saturated rings. The average molecular weight is 209 g/mol. The third-order valence-electron chi connectivity index (χ3n) is 1.75. The molecule has 0 atom stereocenters. The van der Waals surface area contributed by atoms with E-state index in [-0.39, 0.29) is 5.78 Å². The topological polar surface area (TPSA) is 65.8 Å². The van der Waals surface area contributed by atoms with Crippen molar-refractivity contribution >= 4 is 17.1 Å². The number of rotatable bonds is 5. The quantitative estimate of drug-likeness (QED) is 0.241. The number of carbonyl (C=O) groups excluding carboxylic acids is 1. The van der Waals surface area contributed by atoms with Crippen molar-refractivity contribution in [2.24, 2.45) is 5.11 Å². The molecular weight excluding hydrogens is 198 g/mol. The van der Waals surface area contributed by atoms with Crippen molar-refractivity contribution in [2.45, 2.75) is 19.8 Å². The van der Waals surface area contributed by atoms with E-state index in [2.05, 4.69) is 10.0 Å². The second-order valence-corrected chi connectivity index (χ2v) is 4.05. The maximum Gasteiger partial charge on any atom is 0.169 e. The molecule has 1 heterocycles. The molecule has 0 N–H and O–H groups in total. The van der Waals surface area contributed by atoms with Crippen molar-refractivity contribution < 1.29 is 4.79 Å². The SMILES string of the molecule is CC(=O)c1ccc(CCCN=[N+]=[N-])s1. The minimum Gasteiger partial charge on any atom is -0.294 e. The molecule has 0 aliphatic rings. The lowest BCUT2D eigenvalue weighted by atomic mass is 10.2. The van der Waals surface area contributed by atoms with Crippen LogP contribution in [0.25, 0.3) is 10.4 Å². The Morgan fingerprint density at radius 2 is 2.43 bits per heavy atom. The summed E-state index contributed by atoms with van der Waals surface area (Å²) < 4.78 is 0. The van der Waals surface area contributed by atoms with Crippen LogP contribution >= 0.6 is 11.3 Å². The first-order valence-electron chi connectivity index (χ1n) is 4.34. The van der Waals surface area contributed by atoms with Crippen molar-refractivity contribution in [3.05, 3.63) is 32.3 Å². The van der Waals surface area contributed by atoms with E-state index in [0.29, 0.717) is 6.54 Å². The van der Waals surface area contributed by atoms with Gasteiger partial charge >= 0.3 is 0 Å². The molecule has 0 unspecified atom stereocenters. The van der Waals surface area contributed by atoms with Gasteiger partial charge in [-0.1, -0.05) is 5.11 Å². The number of hydrogen-bond donors (Lipinski definition) is 0. The van der Waals surface area contributed by atoms with Crippen LogP contribution in [0.3, 0.4) is 0 Å². The van der Waals surface area contributed by atoms with Crippen LogP contribution in [0.2, 0.25) is 0 Å². The van der Waals surface area contributed by atoms with Crippen LogP contribution in [-0.4, -0.2) is 12.3 Å². The molecule has 1 aromatic rings. The van der Waals surface area contributed by atoms with E-state index in [4.69, 9.17) is 5.53 Å². The molecule has 0 aliphatic heterocycles. The molecular formula is C9H11N3OS. The molecule has 0 bridgehead atoms. The van der Waals surface area contributed by atoms with Crippen molar-refractivity contribution in [1.82, 2.24) is 0 Å². The first-order valence-corrected chi connectivity index (χ1v) is 5.16. The summed E-state index contributed by atoms with van der Waals surface area (Å²) in [6.45, 7) is 2.08. The molecule has 5 heteroatoms. The lowest BCUT2D eigenvalue weighted by Gasteiger charge is -1.91. The molecule has 74 valence electrons. The Morgan fingerprint density at radius 1 is 1.64 bits per heavy atom. The number of aryl methyl sites for hydroxylation is 1. The highest BCUT2D eigenvalue weighted by Crippen LogP contribution is 2.18. The minimum absolute atomic E-state index is 0.108. The van der Waals surface area contributed by atoms with Gasteiger partial charge < -0.3 is 0 Å².